The molecule has 0 aromatic carbocycles. The molecule has 0 rings (SSSR count). The van der Waals surface area contributed by atoms with Gasteiger partial charge in [-0.3, -0.25) is 14.5 Å². The molecule has 0 fully saturated rings. The van der Waals surface area contributed by atoms with Crippen molar-refractivity contribution in [2.45, 2.75) is 19.4 Å². The number of carbonyl (C=O) groups is 2. The molecule has 1 unspecified atom stereocenters. The van der Waals surface area contributed by atoms with Crippen molar-refractivity contribution in [2.24, 2.45) is 0 Å². The second-order valence-electron chi connectivity index (χ2n) is 2.75. The number of methoxy groups -OCH3 is 1. The molecule has 13 heavy (non-hydrogen) atoms. The Bertz CT molecular complexity index is 193. The van der Waals surface area contributed by atoms with Gasteiger partial charge in [-0.2, -0.15) is 0 Å². The Morgan fingerprint density at radius 3 is 2.38 bits per heavy atom. The maximum Gasteiger partial charge on any atom is 0.320 e. The summed E-state index contributed by atoms with van der Waals surface area (Å²) in [6.07, 6.45) is 0.461. The highest BCUT2D eigenvalue weighted by molar-refractivity contribution is 5.76. The number of likely N-dealkylation sites (N-methyl/N-ethyl adjacent to an activating group) is 1. The Labute approximate surface area is 77.3 Å². The number of esters is 1. The number of carboxylic acids is 1. The molecule has 0 aliphatic rings. The number of hydrogen-bond donors (Lipinski definition) is 1. The van der Waals surface area contributed by atoms with E-state index in [2.05, 4.69) is 4.74 Å². The fourth-order valence-electron chi connectivity index (χ4n) is 1.05. The van der Waals surface area contributed by atoms with E-state index in [1.54, 1.807) is 14.0 Å². The van der Waals surface area contributed by atoms with Crippen LogP contribution in [0.4, 0.5) is 0 Å². The molecule has 0 saturated carbocycles. The van der Waals surface area contributed by atoms with Gasteiger partial charge in [0, 0.05) is 0 Å². The van der Waals surface area contributed by atoms with Crippen molar-refractivity contribution in [3.63, 3.8) is 0 Å². The van der Waals surface area contributed by atoms with Crippen molar-refractivity contribution in [1.29, 1.82) is 0 Å². The van der Waals surface area contributed by atoms with Gasteiger partial charge in [-0.05, 0) is 13.5 Å². The fourth-order valence-corrected chi connectivity index (χ4v) is 1.05. The van der Waals surface area contributed by atoms with Gasteiger partial charge in [0.05, 0.1) is 13.7 Å². The van der Waals surface area contributed by atoms with Crippen molar-refractivity contribution in [3.05, 3.63) is 0 Å². The minimum absolute atomic E-state index is 0.00130. The van der Waals surface area contributed by atoms with Crippen LogP contribution < -0.4 is 0 Å². The van der Waals surface area contributed by atoms with Crippen LogP contribution in [0.1, 0.15) is 13.3 Å². The maximum absolute atomic E-state index is 10.8. The molecule has 5 nitrogen and oxygen atoms in total. The summed E-state index contributed by atoms with van der Waals surface area (Å²) in [7, 11) is 2.86. The third kappa shape index (κ3) is 3.89. The van der Waals surface area contributed by atoms with Gasteiger partial charge < -0.3 is 9.84 Å². The van der Waals surface area contributed by atoms with E-state index in [9.17, 15) is 9.59 Å². The van der Waals surface area contributed by atoms with E-state index in [0.29, 0.717) is 6.42 Å². The van der Waals surface area contributed by atoms with E-state index in [-0.39, 0.29) is 6.54 Å². The van der Waals surface area contributed by atoms with E-state index in [4.69, 9.17) is 5.11 Å². The van der Waals surface area contributed by atoms with Crippen LogP contribution in [0.15, 0.2) is 0 Å². The lowest BCUT2D eigenvalue weighted by Gasteiger charge is -2.21. The predicted octanol–water partition coefficient (Wildman–Crippen LogP) is -0.0456. The molecule has 0 aromatic heterocycles. The molecule has 1 N–H and O–H groups in total. The Balaban J connectivity index is 4.13. The highest BCUT2D eigenvalue weighted by atomic mass is 16.5. The standard InChI is InChI=1S/C8H15NO4/c1-4-6(8(11)12)9(2)5-7(10)13-3/h6H,4-5H2,1-3H3,(H,11,12). The van der Waals surface area contributed by atoms with Gasteiger partial charge in [0.15, 0.2) is 0 Å². The molecule has 0 spiro atoms. The lowest BCUT2D eigenvalue weighted by molar-refractivity contribution is -0.146. The Kier molecular flexibility index (Phi) is 5.06. The molecule has 0 aromatic rings. The fraction of sp³-hybridized carbons (Fsp3) is 0.750. The highest BCUT2D eigenvalue weighted by Crippen LogP contribution is 2.01. The number of aliphatic carboxylic acids is 1. The zero-order valence-electron chi connectivity index (χ0n) is 8.11. The normalized spacial score (nSPS) is 12.6. The summed E-state index contributed by atoms with van der Waals surface area (Å²) in [6.45, 7) is 1.76. The summed E-state index contributed by atoms with van der Waals surface area (Å²) in [4.78, 5) is 22.9. The monoisotopic (exact) mass is 189 g/mol. The average molecular weight is 189 g/mol. The van der Waals surface area contributed by atoms with Crippen molar-refractivity contribution in [1.82, 2.24) is 4.90 Å². The van der Waals surface area contributed by atoms with Gasteiger partial charge >= 0.3 is 11.9 Å². The van der Waals surface area contributed by atoms with Crippen molar-refractivity contribution < 1.29 is 19.4 Å². The first kappa shape index (κ1) is 11.9. The molecule has 0 aliphatic carbocycles. The van der Waals surface area contributed by atoms with Gasteiger partial charge in [-0.25, -0.2) is 0 Å². The van der Waals surface area contributed by atoms with Gasteiger partial charge in [-0.1, -0.05) is 6.92 Å². The summed E-state index contributed by atoms with van der Waals surface area (Å²) in [5.41, 5.74) is 0. The van der Waals surface area contributed by atoms with Gasteiger partial charge in [0.25, 0.3) is 0 Å². The van der Waals surface area contributed by atoms with Crippen molar-refractivity contribution in [3.8, 4) is 0 Å². The summed E-state index contributed by atoms with van der Waals surface area (Å²) < 4.78 is 4.42. The smallest absolute Gasteiger partial charge is 0.320 e. The van der Waals surface area contributed by atoms with Crippen LogP contribution in [0.5, 0.6) is 0 Å². The number of carbonyl (C=O) groups excluding carboxylic acids is 1. The van der Waals surface area contributed by atoms with Gasteiger partial charge in [-0.15, -0.1) is 0 Å². The van der Waals surface area contributed by atoms with Gasteiger partial charge in [0.2, 0.25) is 0 Å². The summed E-state index contributed by atoms with van der Waals surface area (Å²) in [6, 6.07) is -0.626. The Morgan fingerprint density at radius 1 is 1.54 bits per heavy atom. The first-order valence-electron chi connectivity index (χ1n) is 4.02. The average Bonchev–Trinajstić information content (AvgIpc) is 2.04. The summed E-state index contributed by atoms with van der Waals surface area (Å²) in [5.74, 6) is -1.35. The third-order valence-corrected chi connectivity index (χ3v) is 1.81. The molecular formula is C8H15NO4. The first-order chi connectivity index (χ1) is 6.02. The SMILES string of the molecule is CCC(C(=O)O)N(C)CC(=O)OC. The van der Waals surface area contributed by atoms with Crippen LogP contribution in [0.2, 0.25) is 0 Å². The van der Waals surface area contributed by atoms with Crippen LogP contribution in [0.25, 0.3) is 0 Å². The molecule has 76 valence electrons. The van der Waals surface area contributed by atoms with Crippen LogP contribution in [-0.4, -0.2) is 48.7 Å². The molecule has 0 saturated heterocycles. The van der Waals surface area contributed by atoms with Crippen molar-refractivity contribution >= 4 is 11.9 Å². The third-order valence-electron chi connectivity index (χ3n) is 1.81. The van der Waals surface area contributed by atoms with Crippen molar-refractivity contribution in [2.75, 3.05) is 20.7 Å². The molecule has 0 amide bonds. The maximum atomic E-state index is 10.8. The van der Waals surface area contributed by atoms with Crippen LogP contribution in [0, 0.1) is 0 Å². The predicted molar refractivity (Wildman–Crippen MR) is 46.4 cm³/mol. The lowest BCUT2D eigenvalue weighted by Crippen LogP contribution is -2.41. The minimum Gasteiger partial charge on any atom is -0.480 e. The molecule has 0 aliphatic heterocycles. The number of rotatable bonds is 5. The van der Waals surface area contributed by atoms with Crippen LogP contribution in [0.3, 0.4) is 0 Å². The molecule has 5 heteroatoms. The van der Waals surface area contributed by atoms with Gasteiger partial charge in [0.1, 0.15) is 6.04 Å². The van der Waals surface area contributed by atoms with E-state index in [1.807, 2.05) is 0 Å². The van der Waals surface area contributed by atoms with E-state index in [1.165, 1.54) is 12.0 Å². The second kappa shape index (κ2) is 5.53. The molecular weight excluding hydrogens is 174 g/mol. The quantitative estimate of drug-likeness (QED) is 0.614. The first-order valence-corrected chi connectivity index (χ1v) is 4.02. The van der Waals surface area contributed by atoms with E-state index in [0.717, 1.165) is 0 Å². The van der Waals surface area contributed by atoms with E-state index >= 15 is 0 Å². The summed E-state index contributed by atoms with van der Waals surface area (Å²) >= 11 is 0. The molecule has 1 atom stereocenters. The molecule has 0 bridgehead atoms. The molecule has 0 heterocycles. The lowest BCUT2D eigenvalue weighted by atomic mass is 10.2. The zero-order valence-corrected chi connectivity index (χ0v) is 8.11. The Morgan fingerprint density at radius 2 is 2.08 bits per heavy atom. The number of nitrogens with zero attached hydrogens (tertiary/aromatic N) is 1. The number of ether oxygens (including phenoxy) is 1. The highest BCUT2D eigenvalue weighted by Gasteiger charge is 2.22. The van der Waals surface area contributed by atoms with Crippen LogP contribution >= 0.6 is 0 Å². The van der Waals surface area contributed by atoms with Crippen LogP contribution in [-0.2, 0) is 14.3 Å². The second-order valence-corrected chi connectivity index (χ2v) is 2.75. The topological polar surface area (TPSA) is 66.8 Å². The summed E-state index contributed by atoms with van der Waals surface area (Å²) in [5, 5.41) is 8.74. The largest absolute Gasteiger partial charge is 0.480 e. The Hall–Kier alpha value is -1.10. The molecule has 0 radical (unpaired) electrons. The minimum atomic E-state index is -0.922. The van der Waals surface area contributed by atoms with E-state index < -0.39 is 18.0 Å². The number of hydrogen-bond acceptors (Lipinski definition) is 4. The zero-order chi connectivity index (χ0) is 10.4. The number of carboxylic acid groups (broad SMARTS) is 1.